The van der Waals surface area contributed by atoms with Gasteiger partial charge >= 0.3 is 5.76 Å². The topological polar surface area (TPSA) is 76.4 Å². The van der Waals surface area contributed by atoms with Crippen molar-refractivity contribution in [3.63, 3.8) is 0 Å². The summed E-state index contributed by atoms with van der Waals surface area (Å²) in [4.78, 5) is 11.2. The fourth-order valence-electron chi connectivity index (χ4n) is 1.77. The summed E-state index contributed by atoms with van der Waals surface area (Å²) in [6.07, 6.45) is 2.00. The van der Waals surface area contributed by atoms with E-state index in [9.17, 15) is 22.0 Å². The molecule has 0 radical (unpaired) electrons. The Kier molecular flexibility index (Phi) is 4.92. The lowest BCUT2D eigenvalue weighted by Gasteiger charge is -2.07. The summed E-state index contributed by atoms with van der Waals surface area (Å²) in [5.41, 5.74) is 0.145. The highest BCUT2D eigenvalue weighted by Crippen LogP contribution is 2.21. The van der Waals surface area contributed by atoms with E-state index in [0.717, 1.165) is 12.1 Å². The van der Waals surface area contributed by atoms with Gasteiger partial charge in [0.05, 0.1) is 11.2 Å². The zero-order valence-electron chi connectivity index (χ0n) is 11.3. The monoisotopic (exact) mass is 329 g/mol. The number of furan rings is 1. The first-order valence-electron chi connectivity index (χ1n) is 6.34. The second-order valence-electron chi connectivity index (χ2n) is 4.46. The lowest BCUT2D eigenvalue weighted by Crippen LogP contribution is -2.14. The third-order valence-electron chi connectivity index (χ3n) is 2.86. The van der Waals surface area contributed by atoms with Gasteiger partial charge in [-0.2, -0.15) is 8.78 Å². The average molecular weight is 329 g/mol. The van der Waals surface area contributed by atoms with Gasteiger partial charge in [0, 0.05) is 18.5 Å². The highest BCUT2D eigenvalue weighted by molar-refractivity contribution is 7.91. The third-order valence-corrected chi connectivity index (χ3v) is 4.24. The Labute approximate surface area is 125 Å². The fourth-order valence-corrected chi connectivity index (χ4v) is 2.53. The van der Waals surface area contributed by atoms with E-state index in [2.05, 4.69) is 5.32 Å². The van der Waals surface area contributed by atoms with E-state index < -0.39 is 20.5 Å². The van der Waals surface area contributed by atoms with E-state index in [-0.39, 0.29) is 18.0 Å². The van der Waals surface area contributed by atoms with Crippen LogP contribution in [0, 0.1) is 0 Å². The van der Waals surface area contributed by atoms with Gasteiger partial charge in [-0.15, -0.1) is 0 Å². The third kappa shape index (κ3) is 3.91. The molecule has 8 heteroatoms. The molecule has 1 aromatic heterocycles. The van der Waals surface area contributed by atoms with Crippen molar-refractivity contribution in [2.45, 2.75) is 23.5 Å². The van der Waals surface area contributed by atoms with Crippen molar-refractivity contribution in [3.8, 4) is 0 Å². The number of sulfone groups is 1. The number of aryl methyl sites for hydroxylation is 1. The van der Waals surface area contributed by atoms with Crippen molar-refractivity contribution >= 4 is 21.4 Å². The van der Waals surface area contributed by atoms with Crippen molar-refractivity contribution in [2.75, 3.05) is 5.32 Å². The molecule has 22 heavy (non-hydrogen) atoms. The molecule has 0 saturated heterocycles. The molecule has 0 aliphatic rings. The van der Waals surface area contributed by atoms with Gasteiger partial charge in [-0.3, -0.25) is 4.79 Å². The van der Waals surface area contributed by atoms with Crippen LogP contribution in [-0.2, 0) is 21.1 Å². The number of carbonyl (C=O) groups is 1. The van der Waals surface area contributed by atoms with Crippen LogP contribution < -0.4 is 5.32 Å². The van der Waals surface area contributed by atoms with Gasteiger partial charge in [0.1, 0.15) is 5.76 Å². The second kappa shape index (κ2) is 6.69. The Morgan fingerprint density at radius 1 is 1.23 bits per heavy atom. The number of benzene rings is 1. The molecule has 0 spiro atoms. The molecule has 118 valence electrons. The molecule has 0 unspecified atom stereocenters. The molecule has 1 N–H and O–H groups in total. The highest BCUT2D eigenvalue weighted by Gasteiger charge is 2.26. The molecule has 0 aliphatic carbocycles. The molecule has 2 aromatic rings. The van der Waals surface area contributed by atoms with E-state index >= 15 is 0 Å². The number of rotatable bonds is 6. The minimum Gasteiger partial charge on any atom is -0.469 e. The molecule has 1 aromatic carbocycles. The summed E-state index contributed by atoms with van der Waals surface area (Å²) in [6.45, 7) is 0. The van der Waals surface area contributed by atoms with Crippen molar-refractivity contribution in [3.05, 3.63) is 48.4 Å². The zero-order valence-corrected chi connectivity index (χ0v) is 12.1. The van der Waals surface area contributed by atoms with Gasteiger partial charge in [-0.1, -0.05) is 6.07 Å². The van der Waals surface area contributed by atoms with Gasteiger partial charge in [-0.05, 0) is 30.3 Å². The van der Waals surface area contributed by atoms with Gasteiger partial charge < -0.3 is 9.73 Å². The molecule has 0 bridgehead atoms. The SMILES string of the molecule is O=C(CCc1ccco1)Nc1cccc(S(=O)(=O)C(F)F)c1. The lowest BCUT2D eigenvalue weighted by atomic mass is 10.2. The molecule has 0 saturated carbocycles. The molecule has 0 atom stereocenters. The number of alkyl halides is 2. The fraction of sp³-hybridized carbons (Fsp3) is 0.214. The Morgan fingerprint density at radius 2 is 2.00 bits per heavy atom. The Hall–Kier alpha value is -2.22. The molecule has 5 nitrogen and oxygen atoms in total. The maximum absolute atomic E-state index is 12.5. The van der Waals surface area contributed by atoms with Crippen molar-refractivity contribution in [2.24, 2.45) is 0 Å². The van der Waals surface area contributed by atoms with E-state index in [0.29, 0.717) is 12.2 Å². The van der Waals surface area contributed by atoms with Crippen LogP contribution in [-0.4, -0.2) is 20.1 Å². The predicted molar refractivity (Wildman–Crippen MR) is 75.3 cm³/mol. The predicted octanol–water partition coefficient (Wildman–Crippen LogP) is 2.85. The summed E-state index contributed by atoms with van der Waals surface area (Å²) >= 11 is 0. The number of hydrogen-bond donors (Lipinski definition) is 1. The summed E-state index contributed by atoms with van der Waals surface area (Å²) in [6, 6.07) is 8.20. The van der Waals surface area contributed by atoms with Crippen LogP contribution in [0.25, 0.3) is 0 Å². The van der Waals surface area contributed by atoms with Crippen molar-refractivity contribution < 1.29 is 26.4 Å². The molecule has 1 heterocycles. The van der Waals surface area contributed by atoms with Crippen LogP contribution in [0.1, 0.15) is 12.2 Å². The maximum atomic E-state index is 12.5. The minimum atomic E-state index is -4.68. The summed E-state index contributed by atoms with van der Waals surface area (Å²) in [7, 11) is -4.68. The van der Waals surface area contributed by atoms with E-state index in [1.165, 1.54) is 18.4 Å². The highest BCUT2D eigenvalue weighted by atomic mass is 32.2. The molecule has 0 aliphatic heterocycles. The first-order valence-corrected chi connectivity index (χ1v) is 7.88. The molecule has 2 rings (SSSR count). The van der Waals surface area contributed by atoms with Gasteiger partial charge in [0.25, 0.3) is 0 Å². The Bertz CT molecular complexity index is 742. The number of halogens is 2. The lowest BCUT2D eigenvalue weighted by molar-refractivity contribution is -0.116. The summed E-state index contributed by atoms with van der Waals surface area (Å²) < 4.78 is 52.8. The Balaban J connectivity index is 2.02. The largest absolute Gasteiger partial charge is 0.469 e. The standard InChI is InChI=1S/C14H13F2NO4S/c15-14(16)22(19,20)12-5-1-3-10(9-12)17-13(18)7-6-11-4-2-8-21-11/h1-5,8-9,14H,6-7H2,(H,17,18). The van der Waals surface area contributed by atoms with Crippen LogP contribution in [0.5, 0.6) is 0 Å². The quantitative estimate of drug-likeness (QED) is 0.884. The number of hydrogen-bond acceptors (Lipinski definition) is 4. The van der Waals surface area contributed by atoms with Crippen LogP contribution >= 0.6 is 0 Å². The summed E-state index contributed by atoms with van der Waals surface area (Å²) in [5, 5.41) is 2.47. The smallest absolute Gasteiger partial charge is 0.341 e. The first kappa shape index (κ1) is 16.2. The van der Waals surface area contributed by atoms with E-state index in [1.54, 1.807) is 12.1 Å². The van der Waals surface area contributed by atoms with E-state index in [1.807, 2.05) is 0 Å². The average Bonchev–Trinajstić information content (AvgIpc) is 2.98. The second-order valence-corrected chi connectivity index (χ2v) is 6.38. The molecule has 1 amide bonds. The number of anilines is 1. The Morgan fingerprint density at radius 3 is 2.64 bits per heavy atom. The van der Waals surface area contributed by atoms with Gasteiger partial charge in [0.2, 0.25) is 15.7 Å². The maximum Gasteiger partial charge on any atom is 0.341 e. The van der Waals surface area contributed by atoms with Gasteiger partial charge in [0.15, 0.2) is 0 Å². The molecular weight excluding hydrogens is 316 g/mol. The van der Waals surface area contributed by atoms with Crippen molar-refractivity contribution in [1.82, 2.24) is 0 Å². The number of carbonyl (C=O) groups excluding carboxylic acids is 1. The number of amides is 1. The van der Waals surface area contributed by atoms with Crippen LogP contribution in [0.3, 0.4) is 0 Å². The molecule has 0 fully saturated rings. The van der Waals surface area contributed by atoms with Gasteiger partial charge in [-0.25, -0.2) is 8.42 Å². The zero-order chi connectivity index (χ0) is 16.2. The normalized spacial score (nSPS) is 11.6. The first-order chi connectivity index (χ1) is 10.4. The number of nitrogens with one attached hydrogen (secondary N) is 1. The minimum absolute atomic E-state index is 0.124. The molecular formula is C14H13F2NO4S. The van der Waals surface area contributed by atoms with E-state index in [4.69, 9.17) is 4.42 Å². The van der Waals surface area contributed by atoms with Crippen LogP contribution in [0.2, 0.25) is 0 Å². The van der Waals surface area contributed by atoms with Crippen LogP contribution in [0.4, 0.5) is 14.5 Å². The van der Waals surface area contributed by atoms with Crippen molar-refractivity contribution in [1.29, 1.82) is 0 Å². The van der Waals surface area contributed by atoms with Crippen LogP contribution in [0.15, 0.2) is 52.0 Å². The summed E-state index contributed by atoms with van der Waals surface area (Å²) in [5.74, 6) is -3.23.